The van der Waals surface area contributed by atoms with Crippen molar-refractivity contribution in [1.29, 1.82) is 0 Å². The molecular formula is C17H17Cl2NO4. The van der Waals surface area contributed by atoms with Crippen molar-refractivity contribution in [2.24, 2.45) is 0 Å². The van der Waals surface area contributed by atoms with Crippen LogP contribution in [0.15, 0.2) is 34.7 Å². The standard InChI is InChI=1S/C17H17Cl2NO4/c18-11-3-5-15(14(19)8-11)23-10-13-4-6-16(24-13)17(21)20-9-12-2-1-7-22-12/h3-6,8,12H,1-2,7,9-10H2,(H,20,21). The molecular weight excluding hydrogens is 353 g/mol. The lowest BCUT2D eigenvalue weighted by Gasteiger charge is -2.09. The molecule has 24 heavy (non-hydrogen) atoms. The van der Waals surface area contributed by atoms with Crippen molar-refractivity contribution in [2.75, 3.05) is 13.2 Å². The number of carbonyl (C=O) groups excluding carboxylic acids is 1. The van der Waals surface area contributed by atoms with Crippen molar-refractivity contribution < 1.29 is 18.7 Å². The summed E-state index contributed by atoms with van der Waals surface area (Å²) in [6.07, 6.45) is 2.11. The summed E-state index contributed by atoms with van der Waals surface area (Å²) in [7, 11) is 0. The number of benzene rings is 1. The van der Waals surface area contributed by atoms with Crippen LogP contribution in [0.25, 0.3) is 0 Å². The molecule has 1 aromatic carbocycles. The number of rotatable bonds is 6. The molecule has 1 aliphatic heterocycles. The van der Waals surface area contributed by atoms with Crippen LogP contribution in [0, 0.1) is 0 Å². The molecule has 1 N–H and O–H groups in total. The predicted octanol–water partition coefficient (Wildman–Crippen LogP) is 4.07. The highest BCUT2D eigenvalue weighted by molar-refractivity contribution is 6.35. The van der Waals surface area contributed by atoms with Gasteiger partial charge in [-0.1, -0.05) is 23.2 Å². The van der Waals surface area contributed by atoms with Crippen LogP contribution in [-0.4, -0.2) is 25.2 Å². The average Bonchev–Trinajstić information content (AvgIpc) is 3.23. The molecule has 1 saturated heterocycles. The lowest BCUT2D eigenvalue weighted by molar-refractivity contribution is 0.0832. The highest BCUT2D eigenvalue weighted by atomic mass is 35.5. The van der Waals surface area contributed by atoms with E-state index >= 15 is 0 Å². The topological polar surface area (TPSA) is 60.7 Å². The second-order valence-electron chi connectivity index (χ2n) is 5.47. The van der Waals surface area contributed by atoms with Gasteiger partial charge in [0.2, 0.25) is 0 Å². The smallest absolute Gasteiger partial charge is 0.287 e. The van der Waals surface area contributed by atoms with Crippen LogP contribution in [0.1, 0.15) is 29.2 Å². The molecule has 1 unspecified atom stereocenters. The number of ether oxygens (including phenoxy) is 2. The molecule has 2 aromatic rings. The highest BCUT2D eigenvalue weighted by Gasteiger charge is 2.18. The third-order valence-corrected chi connectivity index (χ3v) is 4.19. The Morgan fingerprint density at radius 1 is 1.29 bits per heavy atom. The minimum atomic E-state index is -0.263. The number of hydrogen-bond donors (Lipinski definition) is 1. The lowest BCUT2D eigenvalue weighted by Crippen LogP contribution is -2.31. The fraction of sp³-hybridized carbons (Fsp3) is 0.353. The van der Waals surface area contributed by atoms with Crippen molar-refractivity contribution in [1.82, 2.24) is 5.32 Å². The SMILES string of the molecule is O=C(NCC1CCCO1)c1ccc(COc2ccc(Cl)cc2Cl)o1. The fourth-order valence-corrected chi connectivity index (χ4v) is 2.88. The van der Waals surface area contributed by atoms with E-state index in [2.05, 4.69) is 5.32 Å². The molecule has 0 spiro atoms. The number of carbonyl (C=O) groups is 1. The summed E-state index contributed by atoms with van der Waals surface area (Å²) in [6, 6.07) is 8.29. The summed E-state index contributed by atoms with van der Waals surface area (Å²) in [5.74, 6) is 1.01. The summed E-state index contributed by atoms with van der Waals surface area (Å²) in [6.45, 7) is 1.42. The fourth-order valence-electron chi connectivity index (χ4n) is 2.42. The minimum absolute atomic E-state index is 0.0961. The highest BCUT2D eigenvalue weighted by Crippen LogP contribution is 2.28. The molecule has 0 aliphatic carbocycles. The Morgan fingerprint density at radius 2 is 2.17 bits per heavy atom. The van der Waals surface area contributed by atoms with Crippen molar-refractivity contribution >= 4 is 29.1 Å². The van der Waals surface area contributed by atoms with Gasteiger partial charge in [0.1, 0.15) is 18.1 Å². The summed E-state index contributed by atoms with van der Waals surface area (Å²) in [5, 5.41) is 3.77. The van der Waals surface area contributed by atoms with Crippen LogP contribution in [0.4, 0.5) is 0 Å². The van der Waals surface area contributed by atoms with Crippen LogP contribution in [0.3, 0.4) is 0 Å². The van der Waals surface area contributed by atoms with E-state index < -0.39 is 0 Å². The Kier molecular flexibility index (Phi) is 5.66. The van der Waals surface area contributed by atoms with E-state index in [9.17, 15) is 4.79 Å². The zero-order valence-electron chi connectivity index (χ0n) is 12.9. The molecule has 1 fully saturated rings. The van der Waals surface area contributed by atoms with Gasteiger partial charge in [-0.15, -0.1) is 0 Å². The molecule has 128 valence electrons. The molecule has 5 nitrogen and oxygen atoms in total. The van der Waals surface area contributed by atoms with Crippen LogP contribution in [0.5, 0.6) is 5.75 Å². The van der Waals surface area contributed by atoms with Crippen LogP contribution in [0.2, 0.25) is 10.0 Å². The van der Waals surface area contributed by atoms with Crippen molar-refractivity contribution in [3.63, 3.8) is 0 Å². The van der Waals surface area contributed by atoms with Gasteiger partial charge in [0.25, 0.3) is 5.91 Å². The average molecular weight is 370 g/mol. The van der Waals surface area contributed by atoms with Crippen molar-refractivity contribution in [3.8, 4) is 5.75 Å². The molecule has 1 amide bonds. The molecule has 1 atom stereocenters. The summed E-state index contributed by atoms with van der Waals surface area (Å²) >= 11 is 11.9. The number of amides is 1. The van der Waals surface area contributed by atoms with Gasteiger partial charge in [-0.25, -0.2) is 0 Å². The maximum absolute atomic E-state index is 12.0. The van der Waals surface area contributed by atoms with Gasteiger partial charge in [0.05, 0.1) is 11.1 Å². The van der Waals surface area contributed by atoms with Gasteiger partial charge in [-0.2, -0.15) is 0 Å². The largest absolute Gasteiger partial charge is 0.484 e. The first kappa shape index (κ1) is 17.1. The molecule has 0 radical (unpaired) electrons. The third kappa shape index (κ3) is 4.44. The Bertz CT molecular complexity index is 710. The zero-order valence-corrected chi connectivity index (χ0v) is 14.4. The van der Waals surface area contributed by atoms with Gasteiger partial charge < -0.3 is 19.2 Å². The summed E-state index contributed by atoms with van der Waals surface area (Å²) in [5.41, 5.74) is 0. The molecule has 0 saturated carbocycles. The van der Waals surface area contributed by atoms with E-state index in [1.807, 2.05) is 0 Å². The van der Waals surface area contributed by atoms with E-state index in [4.69, 9.17) is 37.1 Å². The Hall–Kier alpha value is -1.69. The first-order valence-corrected chi connectivity index (χ1v) is 8.44. The summed E-state index contributed by atoms with van der Waals surface area (Å²) in [4.78, 5) is 12.0. The van der Waals surface area contributed by atoms with Crippen molar-refractivity contribution in [2.45, 2.75) is 25.6 Å². The van der Waals surface area contributed by atoms with E-state index in [0.29, 0.717) is 28.1 Å². The normalized spacial score (nSPS) is 17.0. The molecule has 1 aromatic heterocycles. The number of furan rings is 1. The maximum atomic E-state index is 12.0. The third-order valence-electron chi connectivity index (χ3n) is 3.66. The van der Waals surface area contributed by atoms with Crippen LogP contribution in [-0.2, 0) is 11.3 Å². The van der Waals surface area contributed by atoms with Gasteiger partial charge in [0.15, 0.2) is 5.76 Å². The van der Waals surface area contributed by atoms with E-state index in [-0.39, 0.29) is 24.4 Å². The van der Waals surface area contributed by atoms with Gasteiger partial charge in [-0.3, -0.25) is 4.79 Å². The van der Waals surface area contributed by atoms with Gasteiger partial charge >= 0.3 is 0 Å². The first-order chi connectivity index (χ1) is 11.6. The van der Waals surface area contributed by atoms with E-state index in [1.165, 1.54) is 0 Å². The number of halogens is 2. The molecule has 7 heteroatoms. The predicted molar refractivity (Wildman–Crippen MR) is 90.8 cm³/mol. The minimum Gasteiger partial charge on any atom is -0.484 e. The van der Waals surface area contributed by atoms with Gasteiger partial charge in [0, 0.05) is 18.2 Å². The molecule has 2 heterocycles. The van der Waals surface area contributed by atoms with E-state index in [1.54, 1.807) is 30.3 Å². The van der Waals surface area contributed by atoms with Crippen molar-refractivity contribution in [3.05, 3.63) is 51.9 Å². The Labute approximate surface area is 149 Å². The van der Waals surface area contributed by atoms with Crippen LogP contribution < -0.4 is 10.1 Å². The Morgan fingerprint density at radius 3 is 2.92 bits per heavy atom. The first-order valence-electron chi connectivity index (χ1n) is 7.68. The van der Waals surface area contributed by atoms with Crippen LogP contribution >= 0.6 is 23.2 Å². The second-order valence-corrected chi connectivity index (χ2v) is 6.32. The second kappa shape index (κ2) is 7.92. The summed E-state index contributed by atoms with van der Waals surface area (Å²) < 4.78 is 16.5. The quantitative estimate of drug-likeness (QED) is 0.833. The molecule has 1 aliphatic rings. The van der Waals surface area contributed by atoms with Gasteiger partial charge in [-0.05, 0) is 43.2 Å². The van der Waals surface area contributed by atoms with E-state index in [0.717, 1.165) is 19.4 Å². The molecule has 0 bridgehead atoms. The Balaban J connectivity index is 1.51. The maximum Gasteiger partial charge on any atom is 0.287 e. The zero-order chi connectivity index (χ0) is 16.9. The monoisotopic (exact) mass is 369 g/mol. The lowest BCUT2D eigenvalue weighted by atomic mass is 10.2. The number of hydrogen-bond acceptors (Lipinski definition) is 4. The number of nitrogens with one attached hydrogen (secondary N) is 1. The molecule has 3 rings (SSSR count).